The molecule has 3 aromatic rings. The Kier molecular flexibility index (Phi) is 4.57. The Labute approximate surface area is 138 Å². The molecular formula is C16H18N4O2S. The van der Waals surface area contributed by atoms with Gasteiger partial charge in [0.1, 0.15) is 5.69 Å². The molecule has 0 atom stereocenters. The third-order valence-electron chi connectivity index (χ3n) is 3.24. The highest BCUT2D eigenvalue weighted by molar-refractivity contribution is 7.13. The van der Waals surface area contributed by atoms with E-state index >= 15 is 0 Å². The van der Waals surface area contributed by atoms with E-state index in [9.17, 15) is 0 Å². The van der Waals surface area contributed by atoms with E-state index in [0.29, 0.717) is 6.54 Å². The van der Waals surface area contributed by atoms with Gasteiger partial charge in [-0.15, -0.1) is 11.3 Å². The van der Waals surface area contributed by atoms with Crippen LogP contribution in [0.25, 0.3) is 10.6 Å². The highest BCUT2D eigenvalue weighted by Crippen LogP contribution is 2.25. The summed E-state index contributed by atoms with van der Waals surface area (Å²) in [5.74, 6) is 0.752. The van der Waals surface area contributed by atoms with Crippen molar-refractivity contribution >= 4 is 17.0 Å². The molecule has 23 heavy (non-hydrogen) atoms. The molecular weight excluding hydrogens is 312 g/mol. The van der Waals surface area contributed by atoms with E-state index in [2.05, 4.69) is 15.4 Å². The van der Waals surface area contributed by atoms with Gasteiger partial charge in [0.25, 0.3) is 0 Å². The van der Waals surface area contributed by atoms with Crippen LogP contribution in [-0.2, 0) is 18.0 Å². The molecule has 0 spiro atoms. The maximum Gasteiger partial charge on any atom is 0.177 e. The fourth-order valence-electron chi connectivity index (χ4n) is 2.20. The Balaban J connectivity index is 1.55. The van der Waals surface area contributed by atoms with Crippen molar-refractivity contribution < 1.29 is 9.36 Å². The second kappa shape index (κ2) is 6.78. The average Bonchev–Trinajstić information content (AvgIpc) is 3.21. The van der Waals surface area contributed by atoms with Crippen LogP contribution in [0.5, 0.6) is 0 Å². The molecule has 0 aliphatic rings. The Morgan fingerprint density at radius 2 is 2.26 bits per heavy atom. The molecule has 0 fully saturated rings. The van der Waals surface area contributed by atoms with Crippen molar-refractivity contribution in [1.29, 1.82) is 0 Å². The molecule has 0 aliphatic carbocycles. The summed E-state index contributed by atoms with van der Waals surface area (Å²) in [6.45, 7) is 6.80. The third-order valence-corrected chi connectivity index (χ3v) is 4.12. The maximum atomic E-state index is 5.36. The summed E-state index contributed by atoms with van der Waals surface area (Å²) in [6, 6.07) is 7.88. The standard InChI is InChI=1S/C16H18N4O2S/c1-11-7-13(3)20(17-11)9-12(2)18-21-10-14-8-15(22-19-14)16-5-4-6-23-16/h4-8H,9-10H2,1-3H3/b18-12+. The van der Waals surface area contributed by atoms with E-state index in [1.807, 2.05) is 55.1 Å². The second-order valence-corrected chi connectivity index (χ2v) is 6.29. The van der Waals surface area contributed by atoms with Gasteiger partial charge in [0.05, 0.1) is 22.8 Å². The highest BCUT2D eigenvalue weighted by atomic mass is 32.1. The van der Waals surface area contributed by atoms with Crippen LogP contribution < -0.4 is 0 Å². The Morgan fingerprint density at radius 3 is 2.96 bits per heavy atom. The van der Waals surface area contributed by atoms with Crippen LogP contribution in [-0.4, -0.2) is 20.6 Å². The van der Waals surface area contributed by atoms with E-state index in [1.54, 1.807) is 11.3 Å². The van der Waals surface area contributed by atoms with Crippen LogP contribution in [0.4, 0.5) is 0 Å². The van der Waals surface area contributed by atoms with Gasteiger partial charge in [-0.2, -0.15) is 5.10 Å². The Morgan fingerprint density at radius 1 is 1.39 bits per heavy atom. The largest absolute Gasteiger partial charge is 0.389 e. The first-order valence-electron chi connectivity index (χ1n) is 7.28. The number of rotatable bonds is 6. The summed E-state index contributed by atoms with van der Waals surface area (Å²) < 4.78 is 7.20. The van der Waals surface area contributed by atoms with Crippen LogP contribution in [0.3, 0.4) is 0 Å². The van der Waals surface area contributed by atoms with Crippen LogP contribution in [0.2, 0.25) is 0 Å². The van der Waals surface area contributed by atoms with Crippen molar-refractivity contribution in [2.45, 2.75) is 33.9 Å². The lowest BCUT2D eigenvalue weighted by molar-refractivity contribution is 0.124. The summed E-state index contributed by atoms with van der Waals surface area (Å²) >= 11 is 1.61. The van der Waals surface area contributed by atoms with Gasteiger partial charge >= 0.3 is 0 Å². The van der Waals surface area contributed by atoms with E-state index in [0.717, 1.165) is 33.4 Å². The molecule has 7 heteroatoms. The van der Waals surface area contributed by atoms with Gasteiger partial charge < -0.3 is 9.36 Å². The van der Waals surface area contributed by atoms with Crippen molar-refractivity contribution in [1.82, 2.24) is 14.9 Å². The zero-order chi connectivity index (χ0) is 16.2. The fourth-order valence-corrected chi connectivity index (χ4v) is 2.88. The highest BCUT2D eigenvalue weighted by Gasteiger charge is 2.08. The summed E-state index contributed by atoms with van der Waals surface area (Å²) in [5, 5.41) is 14.5. The van der Waals surface area contributed by atoms with Crippen molar-refractivity contribution in [2.24, 2.45) is 5.16 Å². The molecule has 120 valence electrons. The average molecular weight is 330 g/mol. The van der Waals surface area contributed by atoms with Crippen molar-refractivity contribution in [3.05, 3.63) is 46.7 Å². The summed E-state index contributed by atoms with van der Waals surface area (Å²) in [6.07, 6.45) is 0. The quantitative estimate of drug-likeness (QED) is 0.509. The molecule has 0 saturated heterocycles. The normalized spacial score (nSPS) is 11.9. The molecule has 0 saturated carbocycles. The minimum atomic E-state index is 0.281. The summed E-state index contributed by atoms with van der Waals surface area (Å²) in [4.78, 5) is 6.41. The molecule has 0 amide bonds. The number of aromatic nitrogens is 3. The lowest BCUT2D eigenvalue weighted by Gasteiger charge is -2.03. The first-order valence-corrected chi connectivity index (χ1v) is 8.16. The molecule has 0 radical (unpaired) electrons. The van der Waals surface area contributed by atoms with Crippen molar-refractivity contribution in [3.8, 4) is 10.6 Å². The number of hydrogen-bond donors (Lipinski definition) is 0. The lowest BCUT2D eigenvalue weighted by atomic mass is 10.3. The Hall–Kier alpha value is -2.41. The van der Waals surface area contributed by atoms with Gasteiger partial charge in [-0.25, -0.2) is 0 Å². The Bertz CT molecular complexity index is 802. The van der Waals surface area contributed by atoms with E-state index < -0.39 is 0 Å². The third kappa shape index (κ3) is 3.87. The second-order valence-electron chi connectivity index (χ2n) is 5.34. The molecule has 0 unspecified atom stereocenters. The predicted octanol–water partition coefficient (Wildman–Crippen LogP) is 3.81. The first-order chi connectivity index (χ1) is 11.1. The van der Waals surface area contributed by atoms with Gasteiger partial charge in [-0.1, -0.05) is 16.4 Å². The lowest BCUT2D eigenvalue weighted by Crippen LogP contribution is -2.10. The summed E-state index contributed by atoms with van der Waals surface area (Å²) in [5.41, 5.74) is 3.67. The van der Waals surface area contributed by atoms with E-state index in [1.165, 1.54) is 0 Å². The molecule has 0 aromatic carbocycles. The van der Waals surface area contributed by atoms with Crippen molar-refractivity contribution in [3.63, 3.8) is 0 Å². The number of hydrogen-bond acceptors (Lipinski definition) is 6. The van der Waals surface area contributed by atoms with E-state index in [4.69, 9.17) is 9.36 Å². The van der Waals surface area contributed by atoms with Crippen LogP contribution in [0.15, 0.2) is 39.3 Å². The molecule has 0 bridgehead atoms. The van der Waals surface area contributed by atoms with Crippen LogP contribution >= 0.6 is 11.3 Å². The van der Waals surface area contributed by atoms with Gasteiger partial charge in [-0.3, -0.25) is 4.68 Å². The predicted molar refractivity (Wildman–Crippen MR) is 89.4 cm³/mol. The van der Waals surface area contributed by atoms with E-state index in [-0.39, 0.29) is 6.61 Å². The maximum absolute atomic E-state index is 5.36. The monoisotopic (exact) mass is 330 g/mol. The minimum absolute atomic E-state index is 0.281. The van der Waals surface area contributed by atoms with Gasteiger partial charge in [0.2, 0.25) is 0 Å². The molecule has 0 N–H and O–H groups in total. The number of thiophene rings is 1. The zero-order valence-electron chi connectivity index (χ0n) is 13.3. The van der Waals surface area contributed by atoms with Crippen LogP contribution in [0.1, 0.15) is 24.0 Å². The fraction of sp³-hybridized carbons (Fsp3) is 0.312. The van der Waals surface area contributed by atoms with Crippen molar-refractivity contribution in [2.75, 3.05) is 0 Å². The van der Waals surface area contributed by atoms with Gasteiger partial charge in [-0.05, 0) is 38.3 Å². The number of nitrogens with zero attached hydrogens (tertiary/aromatic N) is 4. The topological polar surface area (TPSA) is 65.4 Å². The smallest absolute Gasteiger partial charge is 0.177 e. The zero-order valence-corrected chi connectivity index (χ0v) is 14.1. The molecule has 3 heterocycles. The van der Waals surface area contributed by atoms with Crippen LogP contribution in [0, 0.1) is 13.8 Å². The first kappa shape index (κ1) is 15.5. The number of aryl methyl sites for hydroxylation is 2. The SMILES string of the molecule is C/C(Cn1nc(C)cc1C)=N\OCc1cc(-c2cccs2)on1. The summed E-state index contributed by atoms with van der Waals surface area (Å²) in [7, 11) is 0. The molecule has 6 nitrogen and oxygen atoms in total. The van der Waals surface area contributed by atoms with Gasteiger partial charge in [0.15, 0.2) is 12.4 Å². The van der Waals surface area contributed by atoms with Gasteiger partial charge in [0, 0.05) is 11.8 Å². The minimum Gasteiger partial charge on any atom is -0.389 e. The molecule has 0 aliphatic heterocycles. The number of oxime groups is 1. The molecule has 3 aromatic heterocycles. The molecule has 3 rings (SSSR count).